The molecule has 0 amide bonds. The molecule has 0 aliphatic heterocycles. The average Bonchev–Trinajstić information content (AvgIpc) is 2.45. The number of aromatic nitrogens is 2. The summed E-state index contributed by atoms with van der Waals surface area (Å²) in [5, 5.41) is 3.13. The van der Waals surface area contributed by atoms with Crippen molar-refractivity contribution in [2.75, 3.05) is 29.5 Å². The zero-order valence-corrected chi connectivity index (χ0v) is 10.9. The maximum absolute atomic E-state index is 5.68. The molecule has 0 fully saturated rings. The SMILES string of the molecule is C=CCNc1cc(N(C)c2ccc(N)cc2)ncn1. The number of hydrogen-bond acceptors (Lipinski definition) is 5. The van der Waals surface area contributed by atoms with Crippen LogP contribution < -0.4 is 16.0 Å². The van der Waals surface area contributed by atoms with Gasteiger partial charge in [-0.15, -0.1) is 6.58 Å². The first kappa shape index (κ1) is 12.9. The summed E-state index contributed by atoms with van der Waals surface area (Å²) >= 11 is 0. The van der Waals surface area contributed by atoms with E-state index in [4.69, 9.17) is 5.73 Å². The van der Waals surface area contributed by atoms with Gasteiger partial charge in [0.05, 0.1) is 0 Å². The van der Waals surface area contributed by atoms with E-state index in [9.17, 15) is 0 Å². The molecule has 3 N–H and O–H groups in total. The molecule has 19 heavy (non-hydrogen) atoms. The molecule has 5 heteroatoms. The van der Waals surface area contributed by atoms with Crippen LogP contribution in [0.15, 0.2) is 49.3 Å². The summed E-state index contributed by atoms with van der Waals surface area (Å²) in [6, 6.07) is 9.52. The van der Waals surface area contributed by atoms with E-state index in [0.29, 0.717) is 6.54 Å². The first-order valence-electron chi connectivity index (χ1n) is 5.97. The van der Waals surface area contributed by atoms with Crippen LogP contribution in [0.5, 0.6) is 0 Å². The van der Waals surface area contributed by atoms with E-state index >= 15 is 0 Å². The maximum Gasteiger partial charge on any atom is 0.138 e. The van der Waals surface area contributed by atoms with Crippen LogP contribution in [-0.2, 0) is 0 Å². The van der Waals surface area contributed by atoms with Crippen molar-refractivity contribution >= 4 is 23.0 Å². The lowest BCUT2D eigenvalue weighted by Crippen LogP contribution is -2.12. The molecule has 0 atom stereocenters. The van der Waals surface area contributed by atoms with Gasteiger partial charge in [0, 0.05) is 31.0 Å². The molecule has 0 aliphatic rings. The minimum Gasteiger partial charge on any atom is -0.399 e. The van der Waals surface area contributed by atoms with E-state index in [0.717, 1.165) is 23.0 Å². The van der Waals surface area contributed by atoms with Gasteiger partial charge in [-0.3, -0.25) is 0 Å². The molecule has 0 radical (unpaired) electrons. The average molecular weight is 255 g/mol. The number of nitrogens with one attached hydrogen (secondary N) is 1. The fraction of sp³-hybridized carbons (Fsp3) is 0.143. The summed E-state index contributed by atoms with van der Waals surface area (Å²) in [4.78, 5) is 10.4. The second kappa shape index (κ2) is 5.86. The van der Waals surface area contributed by atoms with Crippen LogP contribution in [0.4, 0.5) is 23.0 Å². The Hall–Kier alpha value is -2.56. The highest BCUT2D eigenvalue weighted by molar-refractivity contribution is 5.63. The third kappa shape index (κ3) is 3.22. The third-order valence-electron chi connectivity index (χ3n) is 2.70. The molecule has 2 aromatic rings. The Morgan fingerprint density at radius 1 is 1.32 bits per heavy atom. The molecule has 5 nitrogen and oxygen atoms in total. The smallest absolute Gasteiger partial charge is 0.138 e. The molecule has 2 rings (SSSR count). The summed E-state index contributed by atoms with van der Waals surface area (Å²) < 4.78 is 0. The highest BCUT2D eigenvalue weighted by Gasteiger charge is 2.06. The first-order chi connectivity index (χ1) is 9.20. The summed E-state index contributed by atoms with van der Waals surface area (Å²) in [6.45, 7) is 4.33. The number of nitrogens with zero attached hydrogens (tertiary/aromatic N) is 3. The molecule has 0 bridgehead atoms. The van der Waals surface area contributed by atoms with E-state index in [-0.39, 0.29) is 0 Å². The molecule has 0 aliphatic carbocycles. The Bertz CT molecular complexity index is 550. The van der Waals surface area contributed by atoms with Gasteiger partial charge in [0.2, 0.25) is 0 Å². The lowest BCUT2D eigenvalue weighted by atomic mass is 10.2. The number of nitrogens with two attached hydrogens (primary N) is 1. The monoisotopic (exact) mass is 255 g/mol. The van der Waals surface area contributed by atoms with Crippen LogP contribution in [0.2, 0.25) is 0 Å². The van der Waals surface area contributed by atoms with Crippen LogP contribution >= 0.6 is 0 Å². The van der Waals surface area contributed by atoms with Crippen molar-refractivity contribution in [2.45, 2.75) is 0 Å². The number of benzene rings is 1. The molecule has 1 aromatic heterocycles. The predicted molar refractivity (Wildman–Crippen MR) is 79.6 cm³/mol. The Kier molecular flexibility index (Phi) is 3.97. The Morgan fingerprint density at radius 2 is 2.05 bits per heavy atom. The van der Waals surface area contributed by atoms with Crippen molar-refractivity contribution in [1.82, 2.24) is 9.97 Å². The lowest BCUT2D eigenvalue weighted by molar-refractivity contribution is 1.07. The fourth-order valence-electron chi connectivity index (χ4n) is 1.63. The van der Waals surface area contributed by atoms with Gasteiger partial charge in [-0.25, -0.2) is 9.97 Å². The van der Waals surface area contributed by atoms with E-state index in [1.54, 1.807) is 6.08 Å². The van der Waals surface area contributed by atoms with Crippen molar-refractivity contribution in [1.29, 1.82) is 0 Å². The molecule has 1 heterocycles. The van der Waals surface area contributed by atoms with Gasteiger partial charge in [0.15, 0.2) is 0 Å². The molecular weight excluding hydrogens is 238 g/mol. The Morgan fingerprint density at radius 3 is 2.74 bits per heavy atom. The zero-order valence-electron chi connectivity index (χ0n) is 10.9. The standard InChI is InChI=1S/C14H17N5/c1-3-8-16-13-9-14(18-10-17-13)19(2)12-6-4-11(15)5-7-12/h3-7,9-10H,1,8,15H2,2H3,(H,16,17,18). The minimum atomic E-state index is 0.669. The van der Waals surface area contributed by atoms with Crippen molar-refractivity contribution in [2.24, 2.45) is 0 Å². The van der Waals surface area contributed by atoms with Crippen molar-refractivity contribution in [3.05, 3.63) is 49.3 Å². The van der Waals surface area contributed by atoms with Crippen molar-refractivity contribution in [3.63, 3.8) is 0 Å². The minimum absolute atomic E-state index is 0.669. The number of anilines is 4. The number of hydrogen-bond donors (Lipinski definition) is 2. The molecule has 0 saturated heterocycles. The molecular formula is C14H17N5. The van der Waals surface area contributed by atoms with E-state index in [1.807, 2.05) is 42.3 Å². The number of nitrogen functional groups attached to an aromatic ring is 1. The van der Waals surface area contributed by atoms with E-state index in [1.165, 1.54) is 6.33 Å². The van der Waals surface area contributed by atoms with Crippen molar-refractivity contribution in [3.8, 4) is 0 Å². The zero-order chi connectivity index (χ0) is 13.7. The molecule has 0 spiro atoms. The van der Waals surface area contributed by atoms with Gasteiger partial charge in [0.1, 0.15) is 18.0 Å². The summed E-state index contributed by atoms with van der Waals surface area (Å²) in [7, 11) is 1.95. The normalized spacial score (nSPS) is 9.95. The fourth-order valence-corrected chi connectivity index (χ4v) is 1.63. The second-order valence-corrected chi connectivity index (χ2v) is 4.08. The largest absolute Gasteiger partial charge is 0.399 e. The lowest BCUT2D eigenvalue weighted by Gasteiger charge is -2.18. The van der Waals surface area contributed by atoms with E-state index in [2.05, 4.69) is 21.9 Å². The molecule has 0 saturated carbocycles. The Labute approximate surface area is 112 Å². The second-order valence-electron chi connectivity index (χ2n) is 4.08. The van der Waals surface area contributed by atoms with Crippen LogP contribution in [-0.4, -0.2) is 23.6 Å². The molecule has 1 aromatic carbocycles. The van der Waals surface area contributed by atoms with Gasteiger partial charge in [-0.2, -0.15) is 0 Å². The highest BCUT2D eigenvalue weighted by Crippen LogP contribution is 2.23. The third-order valence-corrected chi connectivity index (χ3v) is 2.70. The van der Waals surface area contributed by atoms with Gasteiger partial charge < -0.3 is 16.0 Å². The maximum atomic E-state index is 5.68. The van der Waals surface area contributed by atoms with Gasteiger partial charge in [0.25, 0.3) is 0 Å². The number of rotatable bonds is 5. The summed E-state index contributed by atoms with van der Waals surface area (Å²) in [5.74, 6) is 1.58. The molecule has 0 unspecified atom stereocenters. The van der Waals surface area contributed by atoms with Gasteiger partial charge in [-0.1, -0.05) is 6.08 Å². The van der Waals surface area contributed by atoms with Gasteiger partial charge in [-0.05, 0) is 24.3 Å². The predicted octanol–water partition coefficient (Wildman–Crippen LogP) is 2.42. The first-order valence-corrected chi connectivity index (χ1v) is 5.97. The van der Waals surface area contributed by atoms with Crippen molar-refractivity contribution < 1.29 is 0 Å². The summed E-state index contributed by atoms with van der Waals surface area (Å²) in [6.07, 6.45) is 3.32. The van der Waals surface area contributed by atoms with Crippen LogP contribution in [0.3, 0.4) is 0 Å². The van der Waals surface area contributed by atoms with Crippen LogP contribution in [0.1, 0.15) is 0 Å². The van der Waals surface area contributed by atoms with Crippen LogP contribution in [0.25, 0.3) is 0 Å². The Balaban J connectivity index is 2.20. The summed E-state index contributed by atoms with van der Waals surface area (Å²) in [5.41, 5.74) is 7.44. The topological polar surface area (TPSA) is 67.1 Å². The van der Waals surface area contributed by atoms with Crippen LogP contribution in [0, 0.1) is 0 Å². The molecule has 98 valence electrons. The quantitative estimate of drug-likeness (QED) is 0.634. The highest BCUT2D eigenvalue weighted by atomic mass is 15.2. The van der Waals surface area contributed by atoms with Gasteiger partial charge >= 0.3 is 0 Å². The van der Waals surface area contributed by atoms with E-state index < -0.39 is 0 Å².